The number of benzene rings is 1. The van der Waals surface area contributed by atoms with Crippen molar-refractivity contribution in [3.05, 3.63) is 34.4 Å². The minimum Gasteiger partial charge on any atom is -0.480 e. The molecule has 0 fully saturated rings. The lowest BCUT2D eigenvalue weighted by molar-refractivity contribution is -0.139. The van der Waals surface area contributed by atoms with Crippen molar-refractivity contribution in [3.63, 3.8) is 0 Å². The average molecular weight is 251 g/mol. The predicted molar refractivity (Wildman–Crippen MR) is 70.9 cm³/mol. The highest BCUT2D eigenvalue weighted by Gasteiger charge is 2.21. The zero-order chi connectivity index (χ0) is 13.7. The maximum atomic E-state index is 11.3. The Hall–Kier alpha value is -1.39. The topological polar surface area (TPSA) is 58.6 Å². The van der Waals surface area contributed by atoms with E-state index >= 15 is 0 Å². The van der Waals surface area contributed by atoms with E-state index in [-0.39, 0.29) is 0 Å². The van der Waals surface area contributed by atoms with Gasteiger partial charge in [0.25, 0.3) is 0 Å². The number of ether oxygens (including phenoxy) is 1. The Morgan fingerprint density at radius 2 is 1.89 bits per heavy atom. The van der Waals surface area contributed by atoms with Crippen molar-refractivity contribution >= 4 is 5.97 Å². The fourth-order valence-electron chi connectivity index (χ4n) is 1.93. The number of methoxy groups -OCH3 is 1. The van der Waals surface area contributed by atoms with E-state index in [1.165, 1.54) is 5.56 Å². The molecule has 0 heterocycles. The normalized spacial score (nSPS) is 12.4. The van der Waals surface area contributed by atoms with E-state index in [9.17, 15) is 9.90 Å². The lowest BCUT2D eigenvalue weighted by Gasteiger charge is -2.18. The predicted octanol–water partition coefficient (Wildman–Crippen LogP) is 1.97. The molecule has 4 nitrogen and oxygen atoms in total. The molecule has 1 rings (SSSR count). The lowest BCUT2D eigenvalue weighted by atomic mass is 9.96. The van der Waals surface area contributed by atoms with Crippen LogP contribution >= 0.6 is 0 Å². The summed E-state index contributed by atoms with van der Waals surface area (Å²) in [6, 6.07) is 3.29. The van der Waals surface area contributed by atoms with Crippen LogP contribution in [0.3, 0.4) is 0 Å². The number of aryl methyl sites for hydroxylation is 3. The number of aliphatic carboxylic acids is 1. The van der Waals surface area contributed by atoms with Gasteiger partial charge in [0.15, 0.2) is 0 Å². The number of carboxylic acid groups (broad SMARTS) is 1. The van der Waals surface area contributed by atoms with E-state index in [4.69, 9.17) is 4.74 Å². The van der Waals surface area contributed by atoms with Gasteiger partial charge in [-0.05, 0) is 43.0 Å². The van der Waals surface area contributed by atoms with Gasteiger partial charge in [0.1, 0.15) is 6.04 Å². The van der Waals surface area contributed by atoms with Gasteiger partial charge in [-0.2, -0.15) is 0 Å². The van der Waals surface area contributed by atoms with E-state index in [0.29, 0.717) is 13.2 Å². The third-order valence-electron chi connectivity index (χ3n) is 3.09. The summed E-state index contributed by atoms with van der Waals surface area (Å²) in [5, 5.41) is 12.3. The fourth-order valence-corrected chi connectivity index (χ4v) is 1.93. The van der Waals surface area contributed by atoms with Crippen molar-refractivity contribution in [1.82, 2.24) is 5.32 Å². The number of hydrogen-bond acceptors (Lipinski definition) is 3. The van der Waals surface area contributed by atoms with Crippen LogP contribution in [0.5, 0.6) is 0 Å². The van der Waals surface area contributed by atoms with Gasteiger partial charge in [0, 0.05) is 13.7 Å². The summed E-state index contributed by atoms with van der Waals surface area (Å²) in [4.78, 5) is 11.3. The largest absolute Gasteiger partial charge is 0.480 e. The van der Waals surface area contributed by atoms with E-state index in [0.717, 1.165) is 16.7 Å². The molecule has 100 valence electrons. The van der Waals surface area contributed by atoms with Crippen molar-refractivity contribution in [2.24, 2.45) is 0 Å². The van der Waals surface area contributed by atoms with Crippen LogP contribution in [0.15, 0.2) is 12.1 Å². The van der Waals surface area contributed by atoms with Crippen LogP contribution in [0.25, 0.3) is 0 Å². The first-order valence-corrected chi connectivity index (χ1v) is 6.00. The molecule has 0 spiro atoms. The van der Waals surface area contributed by atoms with Crippen molar-refractivity contribution in [3.8, 4) is 0 Å². The summed E-state index contributed by atoms with van der Waals surface area (Å²) in [5.74, 6) is -0.863. The molecule has 1 aromatic carbocycles. The molecule has 18 heavy (non-hydrogen) atoms. The summed E-state index contributed by atoms with van der Waals surface area (Å²) in [7, 11) is 1.60. The maximum absolute atomic E-state index is 11.3. The van der Waals surface area contributed by atoms with E-state index < -0.39 is 12.0 Å². The Balaban J connectivity index is 2.98. The van der Waals surface area contributed by atoms with E-state index in [1.807, 2.05) is 32.9 Å². The first-order chi connectivity index (χ1) is 8.47. The van der Waals surface area contributed by atoms with Crippen molar-refractivity contribution < 1.29 is 14.6 Å². The van der Waals surface area contributed by atoms with Crippen LogP contribution in [0, 0.1) is 20.8 Å². The molecule has 1 atom stereocenters. The SMILES string of the molecule is COCCNC(C(=O)O)c1cc(C)c(C)cc1C. The smallest absolute Gasteiger partial charge is 0.325 e. The molecule has 2 N–H and O–H groups in total. The number of nitrogens with one attached hydrogen (secondary N) is 1. The van der Waals surface area contributed by atoms with Gasteiger partial charge < -0.3 is 9.84 Å². The molecular weight excluding hydrogens is 230 g/mol. The maximum Gasteiger partial charge on any atom is 0.325 e. The summed E-state index contributed by atoms with van der Waals surface area (Å²) in [6.07, 6.45) is 0. The third kappa shape index (κ3) is 3.55. The molecule has 0 bridgehead atoms. The van der Waals surface area contributed by atoms with E-state index in [1.54, 1.807) is 7.11 Å². The molecular formula is C14H21NO3. The van der Waals surface area contributed by atoms with Crippen LogP contribution in [0.2, 0.25) is 0 Å². The first kappa shape index (κ1) is 14.7. The number of hydrogen-bond donors (Lipinski definition) is 2. The zero-order valence-corrected chi connectivity index (χ0v) is 11.4. The molecule has 0 aliphatic carbocycles. The summed E-state index contributed by atoms with van der Waals surface area (Å²) >= 11 is 0. The molecule has 0 aliphatic rings. The fraction of sp³-hybridized carbons (Fsp3) is 0.500. The van der Waals surface area contributed by atoms with Gasteiger partial charge in [0.05, 0.1) is 6.61 Å². The van der Waals surface area contributed by atoms with Crippen molar-refractivity contribution in [2.45, 2.75) is 26.8 Å². The average Bonchev–Trinajstić information content (AvgIpc) is 2.30. The monoisotopic (exact) mass is 251 g/mol. The molecule has 0 saturated heterocycles. The van der Waals surface area contributed by atoms with Gasteiger partial charge in [-0.25, -0.2) is 0 Å². The Bertz CT molecular complexity index is 429. The Kier molecular flexibility index (Phi) is 5.31. The summed E-state index contributed by atoms with van der Waals surface area (Å²) in [5.41, 5.74) is 4.10. The molecule has 0 saturated carbocycles. The molecule has 1 unspecified atom stereocenters. The van der Waals surface area contributed by atoms with Crippen molar-refractivity contribution in [2.75, 3.05) is 20.3 Å². The van der Waals surface area contributed by atoms with Crippen LogP contribution in [-0.2, 0) is 9.53 Å². The molecule has 0 amide bonds. The van der Waals surface area contributed by atoms with Crippen LogP contribution in [0.4, 0.5) is 0 Å². The molecule has 1 aromatic rings. The zero-order valence-electron chi connectivity index (χ0n) is 11.4. The second kappa shape index (κ2) is 6.52. The quantitative estimate of drug-likeness (QED) is 0.759. The third-order valence-corrected chi connectivity index (χ3v) is 3.09. The van der Waals surface area contributed by atoms with Gasteiger partial charge >= 0.3 is 5.97 Å². The Labute approximate surface area is 108 Å². The molecule has 0 aliphatic heterocycles. The molecule has 4 heteroatoms. The van der Waals surface area contributed by atoms with Gasteiger partial charge in [0.2, 0.25) is 0 Å². The van der Waals surface area contributed by atoms with Crippen molar-refractivity contribution in [1.29, 1.82) is 0 Å². The van der Waals surface area contributed by atoms with Crippen LogP contribution in [0.1, 0.15) is 28.3 Å². The Morgan fingerprint density at radius 3 is 2.44 bits per heavy atom. The second-order valence-corrected chi connectivity index (χ2v) is 4.51. The minimum absolute atomic E-state index is 0.494. The van der Waals surface area contributed by atoms with Crippen LogP contribution < -0.4 is 5.32 Å². The van der Waals surface area contributed by atoms with Gasteiger partial charge in [-0.3, -0.25) is 10.1 Å². The molecule has 0 radical (unpaired) electrons. The van der Waals surface area contributed by atoms with Crippen LogP contribution in [-0.4, -0.2) is 31.3 Å². The number of rotatable bonds is 6. The first-order valence-electron chi connectivity index (χ1n) is 6.00. The summed E-state index contributed by atoms with van der Waals surface area (Å²) in [6.45, 7) is 6.97. The van der Waals surface area contributed by atoms with E-state index in [2.05, 4.69) is 5.32 Å². The number of carbonyl (C=O) groups is 1. The second-order valence-electron chi connectivity index (χ2n) is 4.51. The minimum atomic E-state index is -0.863. The highest BCUT2D eigenvalue weighted by molar-refractivity contribution is 5.76. The van der Waals surface area contributed by atoms with Gasteiger partial charge in [-0.1, -0.05) is 12.1 Å². The highest BCUT2D eigenvalue weighted by Crippen LogP contribution is 2.22. The van der Waals surface area contributed by atoms with Gasteiger partial charge in [-0.15, -0.1) is 0 Å². The highest BCUT2D eigenvalue weighted by atomic mass is 16.5. The summed E-state index contributed by atoms with van der Waals surface area (Å²) < 4.78 is 4.93. The molecule has 0 aromatic heterocycles. The number of carboxylic acids is 1. The Morgan fingerprint density at radius 1 is 1.28 bits per heavy atom. The lowest BCUT2D eigenvalue weighted by Crippen LogP contribution is -2.31. The standard InChI is InChI=1S/C14H21NO3/c1-9-7-11(3)12(8-10(9)2)13(14(16)17)15-5-6-18-4/h7-8,13,15H,5-6H2,1-4H3,(H,16,17).